The zero-order valence-electron chi connectivity index (χ0n) is 13.1. The molecule has 1 aromatic carbocycles. The van der Waals surface area contributed by atoms with Gasteiger partial charge in [0.25, 0.3) is 0 Å². The van der Waals surface area contributed by atoms with Crippen molar-refractivity contribution in [3.8, 4) is 5.69 Å². The molecule has 126 valence electrons. The van der Waals surface area contributed by atoms with Gasteiger partial charge in [-0.2, -0.15) is 5.10 Å². The van der Waals surface area contributed by atoms with Crippen molar-refractivity contribution in [1.29, 1.82) is 0 Å². The molecule has 1 atom stereocenters. The summed E-state index contributed by atoms with van der Waals surface area (Å²) in [4.78, 5) is 12.6. The average Bonchev–Trinajstić information content (AvgIpc) is 3.25. The largest absolute Gasteiger partial charge is 0.310 e. The zero-order valence-corrected chi connectivity index (χ0v) is 14.7. The minimum absolute atomic E-state index is 0.0381. The molecule has 2 heterocycles. The Kier molecular flexibility index (Phi) is 4.18. The van der Waals surface area contributed by atoms with Crippen LogP contribution in [0.2, 0.25) is 5.02 Å². The second-order valence-electron chi connectivity index (χ2n) is 6.36. The summed E-state index contributed by atoms with van der Waals surface area (Å²) in [6.45, 7) is 0. The van der Waals surface area contributed by atoms with E-state index < -0.39 is 10.8 Å². The summed E-state index contributed by atoms with van der Waals surface area (Å²) in [6.07, 6.45) is 4.08. The first-order chi connectivity index (χ1) is 11.6. The lowest BCUT2D eigenvalue weighted by molar-refractivity contribution is -0.119. The molecule has 0 saturated heterocycles. The van der Waals surface area contributed by atoms with Crippen LogP contribution in [0.15, 0.2) is 24.3 Å². The van der Waals surface area contributed by atoms with E-state index in [1.54, 1.807) is 10.7 Å². The summed E-state index contributed by atoms with van der Waals surface area (Å²) in [7, 11) is -0.938. The highest BCUT2D eigenvalue weighted by atomic mass is 35.5. The van der Waals surface area contributed by atoms with Crippen LogP contribution < -0.4 is 5.32 Å². The lowest BCUT2D eigenvalue weighted by atomic mass is 10.1. The van der Waals surface area contributed by atoms with E-state index >= 15 is 0 Å². The van der Waals surface area contributed by atoms with Crippen LogP contribution in [0.1, 0.15) is 36.9 Å². The first kappa shape index (κ1) is 15.8. The molecule has 0 unspecified atom stereocenters. The summed E-state index contributed by atoms with van der Waals surface area (Å²) in [5, 5.41) is 8.25. The van der Waals surface area contributed by atoms with Gasteiger partial charge in [0.2, 0.25) is 5.91 Å². The van der Waals surface area contributed by atoms with Gasteiger partial charge < -0.3 is 5.32 Å². The van der Waals surface area contributed by atoms with E-state index in [0.29, 0.717) is 22.3 Å². The van der Waals surface area contributed by atoms with Gasteiger partial charge >= 0.3 is 0 Å². The van der Waals surface area contributed by atoms with Crippen LogP contribution >= 0.6 is 11.6 Å². The summed E-state index contributed by atoms with van der Waals surface area (Å²) in [5.41, 5.74) is 2.49. The Balaban J connectivity index is 1.73. The molecule has 1 N–H and O–H groups in total. The van der Waals surface area contributed by atoms with Crippen molar-refractivity contribution in [3.05, 3.63) is 40.5 Å². The Morgan fingerprint density at radius 1 is 1.29 bits per heavy atom. The second-order valence-corrected chi connectivity index (χ2v) is 8.26. The van der Waals surface area contributed by atoms with Crippen molar-refractivity contribution in [3.63, 3.8) is 0 Å². The summed E-state index contributed by atoms with van der Waals surface area (Å²) >= 11 is 6.10. The molecule has 2 aliphatic rings. The molecule has 24 heavy (non-hydrogen) atoms. The highest BCUT2D eigenvalue weighted by molar-refractivity contribution is 7.83. The van der Waals surface area contributed by atoms with Crippen LogP contribution in [0.5, 0.6) is 0 Å². The first-order valence-corrected chi connectivity index (χ1v) is 10.0. The monoisotopic (exact) mass is 363 g/mol. The molecule has 7 heteroatoms. The number of aromatic nitrogens is 2. The van der Waals surface area contributed by atoms with Gasteiger partial charge in [0.15, 0.2) is 0 Å². The number of carbonyl (C=O) groups is 1. The van der Waals surface area contributed by atoms with Gasteiger partial charge in [-0.25, -0.2) is 4.68 Å². The summed E-state index contributed by atoms with van der Waals surface area (Å²) < 4.78 is 13.6. The SMILES string of the molecule is O=C(Nc1c2c(nn1-c1cccc(Cl)c1)C[S@@](=O)C2)C1CCCC1. The molecule has 1 fully saturated rings. The molecule has 1 aromatic heterocycles. The summed E-state index contributed by atoms with van der Waals surface area (Å²) in [5.74, 6) is 1.63. The third-order valence-electron chi connectivity index (χ3n) is 4.69. The maximum Gasteiger partial charge on any atom is 0.228 e. The number of nitrogens with one attached hydrogen (secondary N) is 1. The van der Waals surface area contributed by atoms with Crippen LogP contribution in [0.4, 0.5) is 5.82 Å². The molecule has 1 aliphatic carbocycles. The van der Waals surface area contributed by atoms with Gasteiger partial charge in [0.1, 0.15) is 5.82 Å². The van der Waals surface area contributed by atoms with Gasteiger partial charge in [-0.3, -0.25) is 9.00 Å². The highest BCUT2D eigenvalue weighted by Gasteiger charge is 2.30. The number of amides is 1. The smallest absolute Gasteiger partial charge is 0.228 e. The average molecular weight is 364 g/mol. The van der Waals surface area contributed by atoms with Gasteiger partial charge in [-0.15, -0.1) is 0 Å². The number of hydrogen-bond acceptors (Lipinski definition) is 3. The van der Waals surface area contributed by atoms with E-state index in [1.807, 2.05) is 18.2 Å². The maximum atomic E-state index is 12.6. The molecule has 1 aliphatic heterocycles. The molecule has 2 aromatic rings. The van der Waals surface area contributed by atoms with Crippen molar-refractivity contribution >= 4 is 34.1 Å². The van der Waals surface area contributed by atoms with E-state index in [0.717, 1.165) is 42.6 Å². The molecule has 0 radical (unpaired) electrons. The molecule has 0 bridgehead atoms. The molecular weight excluding hydrogens is 346 g/mol. The standard InChI is InChI=1S/C17H18ClN3O2S/c18-12-6-3-7-13(8-12)21-16(14-9-24(23)10-15(14)20-21)19-17(22)11-4-1-2-5-11/h3,6-8,11H,1-2,4-5,9-10H2,(H,19,22)/t24-/m0/s1. The number of anilines is 1. The topological polar surface area (TPSA) is 64.0 Å². The van der Waals surface area contributed by atoms with E-state index in [-0.39, 0.29) is 11.8 Å². The number of hydrogen-bond donors (Lipinski definition) is 1. The quantitative estimate of drug-likeness (QED) is 0.908. The van der Waals surface area contributed by atoms with Crippen LogP contribution in [0.25, 0.3) is 5.69 Å². The number of carbonyl (C=O) groups excluding carboxylic acids is 1. The minimum atomic E-state index is -0.938. The zero-order chi connectivity index (χ0) is 16.7. The van der Waals surface area contributed by atoms with Gasteiger partial charge in [-0.05, 0) is 31.0 Å². The lowest BCUT2D eigenvalue weighted by Gasteiger charge is -2.14. The number of benzene rings is 1. The Morgan fingerprint density at radius 3 is 2.83 bits per heavy atom. The van der Waals surface area contributed by atoms with Crippen molar-refractivity contribution in [2.24, 2.45) is 5.92 Å². The third-order valence-corrected chi connectivity index (χ3v) is 6.13. The van der Waals surface area contributed by atoms with E-state index in [1.165, 1.54) is 0 Å². The van der Waals surface area contributed by atoms with Gasteiger partial charge in [0.05, 0.1) is 22.9 Å². The fraction of sp³-hybridized carbons (Fsp3) is 0.412. The minimum Gasteiger partial charge on any atom is -0.310 e. The Morgan fingerprint density at radius 2 is 2.08 bits per heavy atom. The highest BCUT2D eigenvalue weighted by Crippen LogP contribution is 2.33. The first-order valence-electron chi connectivity index (χ1n) is 8.14. The van der Waals surface area contributed by atoms with E-state index in [9.17, 15) is 9.00 Å². The predicted molar refractivity (Wildman–Crippen MR) is 94.7 cm³/mol. The normalized spacial score (nSPS) is 20.3. The fourth-order valence-electron chi connectivity index (χ4n) is 3.46. The Labute approximate surface area is 147 Å². The Bertz CT molecular complexity index is 827. The molecular formula is C17H18ClN3O2S. The van der Waals surface area contributed by atoms with Crippen LogP contribution in [-0.4, -0.2) is 19.9 Å². The second kappa shape index (κ2) is 6.33. The number of nitrogens with zero attached hydrogens (tertiary/aromatic N) is 2. The van der Waals surface area contributed by atoms with Gasteiger partial charge in [-0.1, -0.05) is 30.5 Å². The van der Waals surface area contributed by atoms with E-state index in [4.69, 9.17) is 11.6 Å². The number of halogens is 1. The Hall–Kier alpha value is -1.66. The van der Waals surface area contributed by atoms with Crippen molar-refractivity contribution in [2.45, 2.75) is 37.2 Å². The predicted octanol–water partition coefficient (Wildman–Crippen LogP) is 3.42. The molecule has 1 saturated carbocycles. The molecule has 4 rings (SSSR count). The van der Waals surface area contributed by atoms with Crippen molar-refractivity contribution in [2.75, 3.05) is 5.32 Å². The van der Waals surface area contributed by atoms with Crippen molar-refractivity contribution in [1.82, 2.24) is 9.78 Å². The van der Waals surface area contributed by atoms with Crippen LogP contribution in [-0.2, 0) is 27.1 Å². The van der Waals surface area contributed by atoms with Crippen molar-refractivity contribution < 1.29 is 9.00 Å². The lowest BCUT2D eigenvalue weighted by Crippen LogP contribution is -2.22. The maximum absolute atomic E-state index is 12.6. The fourth-order valence-corrected chi connectivity index (χ4v) is 4.91. The van der Waals surface area contributed by atoms with Gasteiger partial charge in [0, 0.05) is 27.3 Å². The van der Waals surface area contributed by atoms with E-state index in [2.05, 4.69) is 10.4 Å². The summed E-state index contributed by atoms with van der Waals surface area (Å²) in [6, 6.07) is 7.36. The third kappa shape index (κ3) is 2.89. The van der Waals surface area contributed by atoms with Crippen LogP contribution in [0, 0.1) is 5.92 Å². The molecule has 5 nitrogen and oxygen atoms in total. The molecule has 0 spiro atoms. The number of fused-ring (bicyclic) bond motifs is 1. The van der Waals surface area contributed by atoms with Crippen LogP contribution in [0.3, 0.4) is 0 Å². The molecule has 1 amide bonds. The number of rotatable bonds is 3.